The monoisotopic (exact) mass is 324 g/mol. The molecule has 3 rings (SSSR count). The third-order valence-electron chi connectivity index (χ3n) is 4.81. The largest absolute Gasteiger partial charge is 0.331 e. The Morgan fingerprint density at radius 2 is 1.95 bits per heavy atom. The fourth-order valence-electron chi connectivity index (χ4n) is 3.67. The zero-order valence-electron chi connectivity index (χ0n) is 12.7. The van der Waals surface area contributed by atoms with Gasteiger partial charge < -0.3 is 10.2 Å². The Bertz CT molecular complexity index is 539. The van der Waals surface area contributed by atoms with E-state index in [9.17, 15) is 9.18 Å². The van der Waals surface area contributed by atoms with Crippen molar-refractivity contribution in [3.8, 4) is 0 Å². The molecule has 0 radical (unpaired) electrons. The third kappa shape index (κ3) is 3.13. The van der Waals surface area contributed by atoms with Crippen molar-refractivity contribution in [2.45, 2.75) is 50.6 Å². The topological polar surface area (TPSA) is 32.3 Å². The van der Waals surface area contributed by atoms with Crippen molar-refractivity contribution in [3.63, 3.8) is 0 Å². The smallest absolute Gasteiger partial charge is 0.256 e. The van der Waals surface area contributed by atoms with E-state index in [1.165, 1.54) is 12.5 Å². The van der Waals surface area contributed by atoms with Gasteiger partial charge in [-0.25, -0.2) is 4.39 Å². The second-order valence-corrected chi connectivity index (χ2v) is 6.63. The van der Waals surface area contributed by atoms with E-state index < -0.39 is 5.82 Å². The molecule has 0 bridgehead atoms. The third-order valence-corrected chi connectivity index (χ3v) is 5.20. The van der Waals surface area contributed by atoms with Crippen molar-refractivity contribution in [1.29, 1.82) is 0 Å². The summed E-state index contributed by atoms with van der Waals surface area (Å²) in [5.74, 6) is -0.647. The van der Waals surface area contributed by atoms with Crippen molar-refractivity contribution in [3.05, 3.63) is 34.6 Å². The molecule has 120 valence electrons. The number of nitrogens with zero attached hydrogens (tertiary/aromatic N) is 1. The molecule has 0 aromatic heterocycles. The van der Waals surface area contributed by atoms with Crippen molar-refractivity contribution in [2.24, 2.45) is 0 Å². The molecule has 0 spiro atoms. The normalized spacial score (nSPS) is 22.7. The minimum Gasteiger partial charge on any atom is -0.331 e. The van der Waals surface area contributed by atoms with Crippen molar-refractivity contribution >= 4 is 17.5 Å². The van der Waals surface area contributed by atoms with Crippen molar-refractivity contribution in [2.75, 3.05) is 13.1 Å². The van der Waals surface area contributed by atoms with E-state index in [2.05, 4.69) is 5.32 Å². The standard InChI is InChI=1S/C17H22ClFN2O/c18-16-14(7-4-8-15(16)19)17(22)21(13-9-10-20-11-13)12-5-2-1-3-6-12/h4,7-8,12-13,20H,1-3,5-6,9-11H2/t13-/m1/s1. The van der Waals surface area contributed by atoms with E-state index in [-0.39, 0.29) is 23.0 Å². The number of rotatable bonds is 3. The van der Waals surface area contributed by atoms with Gasteiger partial charge in [0.1, 0.15) is 5.82 Å². The van der Waals surface area contributed by atoms with Gasteiger partial charge in [-0.15, -0.1) is 0 Å². The van der Waals surface area contributed by atoms with Crippen LogP contribution >= 0.6 is 11.6 Å². The second kappa shape index (κ2) is 6.97. The first-order chi connectivity index (χ1) is 10.7. The SMILES string of the molecule is O=C(c1cccc(F)c1Cl)N(C1CCCCC1)[C@@H]1CCNC1. The highest BCUT2D eigenvalue weighted by Crippen LogP contribution is 2.29. The summed E-state index contributed by atoms with van der Waals surface area (Å²) >= 11 is 6.04. The number of carbonyl (C=O) groups is 1. The molecule has 1 saturated carbocycles. The van der Waals surface area contributed by atoms with Gasteiger partial charge >= 0.3 is 0 Å². The van der Waals surface area contributed by atoms with Crippen LogP contribution in [0.15, 0.2) is 18.2 Å². The molecule has 1 saturated heterocycles. The summed E-state index contributed by atoms with van der Waals surface area (Å²) in [6, 6.07) is 4.92. The molecule has 1 N–H and O–H groups in total. The molecule has 1 aromatic rings. The van der Waals surface area contributed by atoms with Crippen LogP contribution in [0.2, 0.25) is 5.02 Å². The maximum absolute atomic E-state index is 13.7. The van der Waals surface area contributed by atoms with Gasteiger partial charge in [-0.3, -0.25) is 4.79 Å². The molecule has 0 unspecified atom stereocenters. The van der Waals surface area contributed by atoms with Crippen molar-refractivity contribution < 1.29 is 9.18 Å². The second-order valence-electron chi connectivity index (χ2n) is 6.25. The number of hydrogen-bond donors (Lipinski definition) is 1. The van der Waals surface area contributed by atoms with Crippen LogP contribution < -0.4 is 5.32 Å². The minimum atomic E-state index is -0.527. The van der Waals surface area contributed by atoms with Crippen LogP contribution in [0.1, 0.15) is 48.9 Å². The summed E-state index contributed by atoms with van der Waals surface area (Å²) in [6.07, 6.45) is 6.58. The van der Waals surface area contributed by atoms with E-state index in [1.807, 2.05) is 4.90 Å². The fourth-order valence-corrected chi connectivity index (χ4v) is 3.88. The molecule has 1 aliphatic carbocycles. The fraction of sp³-hybridized carbons (Fsp3) is 0.588. The Labute approximate surface area is 135 Å². The molecular formula is C17H22ClFN2O. The Kier molecular flexibility index (Phi) is 4.99. The first kappa shape index (κ1) is 15.8. The van der Waals surface area contributed by atoms with E-state index >= 15 is 0 Å². The highest BCUT2D eigenvalue weighted by atomic mass is 35.5. The molecule has 5 heteroatoms. The Balaban J connectivity index is 1.90. The van der Waals surface area contributed by atoms with Gasteiger partial charge in [-0.2, -0.15) is 0 Å². The van der Waals surface area contributed by atoms with Crippen LogP contribution in [0.25, 0.3) is 0 Å². The summed E-state index contributed by atoms with van der Waals surface area (Å²) in [7, 11) is 0. The molecule has 1 heterocycles. The number of amides is 1. The minimum absolute atomic E-state index is 0.0562. The maximum Gasteiger partial charge on any atom is 0.256 e. The average Bonchev–Trinajstić information content (AvgIpc) is 3.05. The molecule has 1 aliphatic heterocycles. The van der Waals surface area contributed by atoms with E-state index in [0.29, 0.717) is 5.56 Å². The number of benzene rings is 1. The Hall–Kier alpha value is -1.13. The first-order valence-electron chi connectivity index (χ1n) is 8.16. The lowest BCUT2D eigenvalue weighted by Gasteiger charge is -2.38. The molecule has 1 amide bonds. The molecule has 2 fully saturated rings. The molecule has 22 heavy (non-hydrogen) atoms. The van der Waals surface area contributed by atoms with Gasteiger partial charge in [0.25, 0.3) is 5.91 Å². The summed E-state index contributed by atoms with van der Waals surface area (Å²) in [4.78, 5) is 15.0. The molecular weight excluding hydrogens is 303 g/mol. The number of halogens is 2. The number of carbonyl (C=O) groups excluding carboxylic acids is 1. The summed E-state index contributed by atoms with van der Waals surface area (Å²) in [5.41, 5.74) is 0.291. The quantitative estimate of drug-likeness (QED) is 0.921. The van der Waals surface area contributed by atoms with Crippen LogP contribution in [0.3, 0.4) is 0 Å². The zero-order valence-corrected chi connectivity index (χ0v) is 13.4. The highest BCUT2D eigenvalue weighted by Gasteiger charge is 2.34. The number of hydrogen-bond acceptors (Lipinski definition) is 2. The van der Waals surface area contributed by atoms with E-state index in [0.717, 1.165) is 45.2 Å². The van der Waals surface area contributed by atoms with Gasteiger partial charge in [0.05, 0.1) is 10.6 Å². The zero-order chi connectivity index (χ0) is 15.5. The lowest BCUT2D eigenvalue weighted by molar-refractivity contribution is 0.0534. The lowest BCUT2D eigenvalue weighted by Crippen LogP contribution is -2.49. The van der Waals surface area contributed by atoms with Gasteiger partial charge in [0.2, 0.25) is 0 Å². The van der Waals surface area contributed by atoms with Crippen molar-refractivity contribution in [1.82, 2.24) is 10.2 Å². The van der Waals surface area contributed by atoms with Crippen LogP contribution in [0.4, 0.5) is 4.39 Å². The summed E-state index contributed by atoms with van der Waals surface area (Å²) in [6.45, 7) is 1.74. The van der Waals surface area contributed by atoms with Crippen LogP contribution in [0, 0.1) is 5.82 Å². The predicted octanol–water partition coefficient (Wildman–Crippen LogP) is 3.62. The molecule has 1 aromatic carbocycles. The van der Waals surface area contributed by atoms with Gasteiger partial charge in [-0.1, -0.05) is 36.9 Å². The average molecular weight is 325 g/mol. The van der Waals surface area contributed by atoms with Gasteiger partial charge in [0.15, 0.2) is 0 Å². The van der Waals surface area contributed by atoms with Crippen LogP contribution in [-0.4, -0.2) is 36.0 Å². The van der Waals surface area contributed by atoms with Gasteiger partial charge in [-0.05, 0) is 37.9 Å². The first-order valence-corrected chi connectivity index (χ1v) is 8.53. The van der Waals surface area contributed by atoms with Crippen LogP contribution in [0.5, 0.6) is 0 Å². The molecule has 2 aliphatic rings. The number of nitrogens with one attached hydrogen (secondary N) is 1. The Morgan fingerprint density at radius 1 is 1.18 bits per heavy atom. The van der Waals surface area contributed by atoms with E-state index in [1.54, 1.807) is 12.1 Å². The van der Waals surface area contributed by atoms with Gasteiger partial charge in [0, 0.05) is 18.6 Å². The predicted molar refractivity (Wildman–Crippen MR) is 85.7 cm³/mol. The Morgan fingerprint density at radius 3 is 2.64 bits per heavy atom. The highest BCUT2D eigenvalue weighted by molar-refractivity contribution is 6.34. The summed E-state index contributed by atoms with van der Waals surface area (Å²) < 4.78 is 13.7. The lowest BCUT2D eigenvalue weighted by atomic mass is 9.92. The van der Waals surface area contributed by atoms with Crippen LogP contribution in [-0.2, 0) is 0 Å². The maximum atomic E-state index is 13.7. The molecule has 3 nitrogen and oxygen atoms in total. The van der Waals surface area contributed by atoms with E-state index in [4.69, 9.17) is 11.6 Å². The molecule has 1 atom stereocenters. The summed E-state index contributed by atoms with van der Waals surface area (Å²) in [5, 5.41) is 3.27.